The standard InChI is InChI=1S/2C8H14O2.Cd/c2*1-6-3-2-4-7(5-6)8(9)10;/h2*6-7H,2-5H2,1H3,(H,9,10);. The van der Waals surface area contributed by atoms with E-state index in [1.54, 1.807) is 0 Å². The SMILES string of the molecule is CC1CCCC(C(=O)O)C1.CC1CCCC(C(=O)O)C1.[Cd]. The first-order valence-electron chi connectivity index (χ1n) is 7.85. The Balaban J connectivity index is 0.000000364. The Morgan fingerprint density at radius 1 is 0.762 bits per heavy atom. The van der Waals surface area contributed by atoms with Gasteiger partial charge in [-0.15, -0.1) is 0 Å². The Kier molecular flexibility index (Phi) is 10.5. The number of carboxylic acids is 2. The van der Waals surface area contributed by atoms with Gasteiger partial charge in [-0.3, -0.25) is 9.59 Å². The number of carboxylic acid groups (broad SMARTS) is 2. The number of carbonyl (C=O) groups is 2. The van der Waals surface area contributed by atoms with Gasteiger partial charge in [-0.25, -0.2) is 0 Å². The Hall–Kier alpha value is -0.138. The van der Waals surface area contributed by atoms with Gasteiger partial charge in [0, 0.05) is 27.3 Å². The molecule has 0 aromatic carbocycles. The van der Waals surface area contributed by atoms with Crippen LogP contribution in [0.15, 0.2) is 0 Å². The van der Waals surface area contributed by atoms with Gasteiger partial charge in [0.2, 0.25) is 0 Å². The van der Waals surface area contributed by atoms with Crippen molar-refractivity contribution < 1.29 is 47.1 Å². The molecule has 0 spiro atoms. The van der Waals surface area contributed by atoms with Gasteiger partial charge in [0.15, 0.2) is 0 Å². The van der Waals surface area contributed by atoms with E-state index in [1.807, 2.05) is 0 Å². The summed E-state index contributed by atoms with van der Waals surface area (Å²) in [6.07, 6.45) is 8.16. The summed E-state index contributed by atoms with van der Waals surface area (Å²) < 4.78 is 0. The quantitative estimate of drug-likeness (QED) is 0.696. The predicted octanol–water partition coefficient (Wildman–Crippen LogP) is 3.79. The molecule has 4 atom stereocenters. The molecule has 0 saturated heterocycles. The molecule has 118 valence electrons. The molecule has 2 fully saturated rings. The molecule has 2 aliphatic rings. The van der Waals surface area contributed by atoms with Crippen LogP contribution < -0.4 is 0 Å². The second-order valence-corrected chi connectivity index (χ2v) is 6.61. The minimum Gasteiger partial charge on any atom is -0.481 e. The molecule has 4 nitrogen and oxygen atoms in total. The fourth-order valence-corrected chi connectivity index (χ4v) is 3.32. The fraction of sp³-hybridized carbons (Fsp3) is 0.875. The molecule has 0 amide bonds. The number of aliphatic carboxylic acids is 2. The van der Waals surface area contributed by atoms with Crippen molar-refractivity contribution in [3.63, 3.8) is 0 Å². The molecular weight excluding hydrogens is 369 g/mol. The molecule has 2 rings (SSSR count). The third kappa shape index (κ3) is 8.16. The number of rotatable bonds is 2. The summed E-state index contributed by atoms with van der Waals surface area (Å²) in [5.41, 5.74) is 0. The molecule has 2 aliphatic carbocycles. The van der Waals surface area contributed by atoms with E-state index in [0.29, 0.717) is 11.8 Å². The van der Waals surface area contributed by atoms with Crippen molar-refractivity contribution in [2.24, 2.45) is 23.7 Å². The van der Waals surface area contributed by atoms with E-state index < -0.39 is 11.9 Å². The Morgan fingerprint density at radius 2 is 1.10 bits per heavy atom. The molecule has 21 heavy (non-hydrogen) atoms. The summed E-state index contributed by atoms with van der Waals surface area (Å²) in [5.74, 6) is -0.0738. The first kappa shape index (κ1) is 20.9. The normalized spacial score (nSPS) is 32.1. The van der Waals surface area contributed by atoms with E-state index in [1.165, 1.54) is 12.8 Å². The first-order valence-corrected chi connectivity index (χ1v) is 7.85. The summed E-state index contributed by atoms with van der Waals surface area (Å²) >= 11 is 0. The van der Waals surface area contributed by atoms with Crippen LogP contribution in [0.1, 0.15) is 65.2 Å². The smallest absolute Gasteiger partial charge is 0.306 e. The molecule has 0 radical (unpaired) electrons. The largest absolute Gasteiger partial charge is 0.481 e. The molecule has 4 unspecified atom stereocenters. The van der Waals surface area contributed by atoms with Crippen molar-refractivity contribution in [1.29, 1.82) is 0 Å². The maximum absolute atomic E-state index is 10.5. The molecule has 2 saturated carbocycles. The van der Waals surface area contributed by atoms with Crippen LogP contribution in [0.3, 0.4) is 0 Å². The molecule has 0 aliphatic heterocycles. The molecule has 0 heterocycles. The van der Waals surface area contributed by atoms with Gasteiger partial charge in [-0.2, -0.15) is 0 Å². The summed E-state index contributed by atoms with van der Waals surface area (Å²) in [5, 5.41) is 17.3. The monoisotopic (exact) mass is 398 g/mol. The minimum atomic E-state index is -0.605. The second kappa shape index (κ2) is 10.6. The van der Waals surface area contributed by atoms with E-state index in [0.717, 1.165) is 38.5 Å². The summed E-state index contributed by atoms with van der Waals surface area (Å²) in [6.45, 7) is 4.27. The molecule has 0 aromatic rings. The van der Waals surface area contributed by atoms with E-state index in [4.69, 9.17) is 10.2 Å². The van der Waals surface area contributed by atoms with E-state index in [-0.39, 0.29) is 39.1 Å². The zero-order valence-electron chi connectivity index (χ0n) is 13.4. The van der Waals surface area contributed by atoms with Crippen LogP contribution in [0, 0.1) is 23.7 Å². The maximum Gasteiger partial charge on any atom is 0.306 e. The zero-order chi connectivity index (χ0) is 15.1. The minimum absolute atomic E-state index is 0. The van der Waals surface area contributed by atoms with Gasteiger partial charge in [-0.05, 0) is 37.5 Å². The first-order chi connectivity index (χ1) is 9.40. The van der Waals surface area contributed by atoms with Crippen molar-refractivity contribution in [3.05, 3.63) is 0 Å². The van der Waals surface area contributed by atoms with Crippen LogP contribution >= 0.6 is 0 Å². The summed E-state index contributed by atoms with van der Waals surface area (Å²) in [6, 6.07) is 0. The van der Waals surface area contributed by atoms with Crippen LogP contribution in [-0.4, -0.2) is 22.2 Å². The predicted molar refractivity (Wildman–Crippen MR) is 77.5 cm³/mol. The van der Waals surface area contributed by atoms with Crippen LogP contribution in [0.25, 0.3) is 0 Å². The van der Waals surface area contributed by atoms with Crippen molar-refractivity contribution in [2.75, 3.05) is 0 Å². The van der Waals surface area contributed by atoms with Gasteiger partial charge in [0.1, 0.15) is 0 Å². The third-order valence-corrected chi connectivity index (χ3v) is 4.57. The van der Waals surface area contributed by atoms with Crippen molar-refractivity contribution in [3.8, 4) is 0 Å². The second-order valence-electron chi connectivity index (χ2n) is 6.61. The van der Waals surface area contributed by atoms with Gasteiger partial charge in [0.25, 0.3) is 0 Å². The van der Waals surface area contributed by atoms with Crippen LogP contribution in [-0.2, 0) is 36.9 Å². The Morgan fingerprint density at radius 3 is 1.29 bits per heavy atom. The topological polar surface area (TPSA) is 74.6 Å². The number of hydrogen-bond acceptors (Lipinski definition) is 2. The Labute approximate surface area is 147 Å². The van der Waals surface area contributed by atoms with Crippen molar-refractivity contribution >= 4 is 11.9 Å². The van der Waals surface area contributed by atoms with Crippen molar-refractivity contribution in [2.45, 2.75) is 65.2 Å². The van der Waals surface area contributed by atoms with E-state index in [9.17, 15) is 9.59 Å². The molecule has 5 heteroatoms. The third-order valence-electron chi connectivity index (χ3n) is 4.57. The average Bonchev–Trinajstić information content (AvgIpc) is 2.39. The summed E-state index contributed by atoms with van der Waals surface area (Å²) in [4.78, 5) is 21.0. The van der Waals surface area contributed by atoms with E-state index >= 15 is 0 Å². The zero-order valence-corrected chi connectivity index (χ0v) is 17.4. The van der Waals surface area contributed by atoms with Gasteiger partial charge in [-0.1, -0.05) is 39.5 Å². The van der Waals surface area contributed by atoms with Gasteiger partial charge >= 0.3 is 11.9 Å². The van der Waals surface area contributed by atoms with Gasteiger partial charge in [0.05, 0.1) is 11.8 Å². The molecule has 0 aromatic heterocycles. The molecule has 0 bridgehead atoms. The Bertz CT molecular complexity index is 300. The van der Waals surface area contributed by atoms with Crippen molar-refractivity contribution in [1.82, 2.24) is 0 Å². The number of hydrogen-bond donors (Lipinski definition) is 2. The average molecular weight is 397 g/mol. The van der Waals surface area contributed by atoms with Crippen LogP contribution in [0.4, 0.5) is 0 Å². The van der Waals surface area contributed by atoms with Crippen LogP contribution in [0.5, 0.6) is 0 Å². The molecular formula is C16H28CdO4. The molecule has 2 N–H and O–H groups in total. The maximum atomic E-state index is 10.5. The van der Waals surface area contributed by atoms with Gasteiger partial charge < -0.3 is 10.2 Å². The van der Waals surface area contributed by atoms with Crippen LogP contribution in [0.2, 0.25) is 0 Å². The fourth-order valence-electron chi connectivity index (χ4n) is 3.32. The summed E-state index contributed by atoms with van der Waals surface area (Å²) in [7, 11) is 0. The van der Waals surface area contributed by atoms with E-state index in [2.05, 4.69) is 13.8 Å².